The smallest absolute Gasteiger partial charge is 0.223 e. The van der Waals surface area contributed by atoms with Crippen molar-refractivity contribution in [1.29, 1.82) is 0 Å². The fraction of sp³-hybridized carbons (Fsp3) is 0.550. The summed E-state index contributed by atoms with van der Waals surface area (Å²) in [5, 5.41) is 3.91. The van der Waals surface area contributed by atoms with Crippen molar-refractivity contribution in [3.8, 4) is 11.4 Å². The summed E-state index contributed by atoms with van der Waals surface area (Å²) in [6.45, 7) is 6.50. The van der Waals surface area contributed by atoms with Crippen molar-refractivity contribution in [2.75, 3.05) is 13.1 Å². The number of carbonyl (C=O) groups is 1. The van der Waals surface area contributed by atoms with Crippen LogP contribution in [-0.2, 0) is 0 Å². The molecular formula is C20H25N3O2. The predicted octanol–water partition coefficient (Wildman–Crippen LogP) is 3.74. The van der Waals surface area contributed by atoms with Gasteiger partial charge < -0.3 is 9.42 Å². The molecule has 2 heterocycles. The molecule has 1 saturated heterocycles. The van der Waals surface area contributed by atoms with E-state index < -0.39 is 0 Å². The molecule has 132 valence electrons. The van der Waals surface area contributed by atoms with Crippen LogP contribution in [0.2, 0.25) is 0 Å². The summed E-state index contributed by atoms with van der Waals surface area (Å²) in [4.78, 5) is 19.3. The van der Waals surface area contributed by atoms with Crippen molar-refractivity contribution >= 4 is 5.78 Å². The van der Waals surface area contributed by atoms with Crippen molar-refractivity contribution in [3.05, 3.63) is 35.7 Å². The van der Waals surface area contributed by atoms with E-state index in [1.165, 1.54) is 32.4 Å². The molecule has 4 rings (SSSR count). The lowest BCUT2D eigenvalue weighted by Gasteiger charge is -2.20. The average Bonchev–Trinajstić information content (AvgIpc) is 2.97. The molecule has 0 amide bonds. The molecule has 1 aromatic carbocycles. The van der Waals surface area contributed by atoms with Gasteiger partial charge in [0.05, 0.1) is 0 Å². The minimum atomic E-state index is 0.248. The van der Waals surface area contributed by atoms with Crippen LogP contribution < -0.4 is 0 Å². The van der Waals surface area contributed by atoms with E-state index in [9.17, 15) is 4.79 Å². The standard InChI is InChI=1S/C20H25N3O2/c1-13-4-3-9-23(13)12-18-10-17(18)11-19(24)15-5-7-16(8-6-15)20-21-14(2)25-22-20/h5-8,13,17-18H,3-4,9-12H2,1-2H3/t13-,17?,18?/m0/s1. The highest BCUT2D eigenvalue weighted by molar-refractivity contribution is 5.96. The van der Waals surface area contributed by atoms with Crippen LogP contribution in [0.15, 0.2) is 28.8 Å². The SMILES string of the molecule is Cc1nc(-c2ccc(C(=O)CC3CC3CN3CCC[C@@H]3C)cc2)no1. The molecule has 2 aromatic rings. The fourth-order valence-corrected chi connectivity index (χ4v) is 3.93. The lowest BCUT2D eigenvalue weighted by molar-refractivity contribution is 0.0972. The Bertz CT molecular complexity index is 753. The summed E-state index contributed by atoms with van der Waals surface area (Å²) in [7, 11) is 0. The van der Waals surface area contributed by atoms with Crippen LogP contribution in [0.4, 0.5) is 0 Å². The quantitative estimate of drug-likeness (QED) is 0.750. The molecule has 2 fully saturated rings. The van der Waals surface area contributed by atoms with Gasteiger partial charge in [-0.25, -0.2) is 0 Å². The van der Waals surface area contributed by atoms with Gasteiger partial charge in [0.25, 0.3) is 0 Å². The van der Waals surface area contributed by atoms with Crippen LogP contribution >= 0.6 is 0 Å². The van der Waals surface area contributed by atoms with E-state index in [1.54, 1.807) is 6.92 Å². The number of likely N-dealkylation sites (tertiary alicyclic amines) is 1. The molecule has 5 nitrogen and oxygen atoms in total. The number of rotatable bonds is 6. The number of ketones is 1. The van der Waals surface area contributed by atoms with Crippen molar-refractivity contribution < 1.29 is 9.32 Å². The third kappa shape index (κ3) is 3.66. The molecule has 0 spiro atoms. The second kappa shape index (κ2) is 6.71. The largest absolute Gasteiger partial charge is 0.339 e. The van der Waals surface area contributed by atoms with E-state index in [-0.39, 0.29) is 5.78 Å². The Morgan fingerprint density at radius 2 is 2.08 bits per heavy atom. The molecule has 3 atom stereocenters. The molecule has 5 heteroatoms. The topological polar surface area (TPSA) is 59.2 Å². The van der Waals surface area contributed by atoms with Gasteiger partial charge >= 0.3 is 0 Å². The van der Waals surface area contributed by atoms with E-state index in [1.807, 2.05) is 24.3 Å². The first-order valence-electron chi connectivity index (χ1n) is 9.28. The first kappa shape index (κ1) is 16.5. The van der Waals surface area contributed by atoms with Gasteiger partial charge in [-0.3, -0.25) is 4.79 Å². The minimum absolute atomic E-state index is 0.248. The van der Waals surface area contributed by atoms with Crippen LogP contribution in [0, 0.1) is 18.8 Å². The van der Waals surface area contributed by atoms with Crippen LogP contribution in [0.5, 0.6) is 0 Å². The number of Topliss-reactive ketones (excluding diaryl/α,β-unsaturated/α-hetero) is 1. The summed E-state index contributed by atoms with van der Waals surface area (Å²) in [5.41, 5.74) is 1.66. The Labute approximate surface area is 148 Å². The van der Waals surface area contributed by atoms with E-state index in [2.05, 4.69) is 22.0 Å². The number of hydrogen-bond acceptors (Lipinski definition) is 5. The van der Waals surface area contributed by atoms with E-state index in [4.69, 9.17) is 4.52 Å². The highest BCUT2D eigenvalue weighted by Crippen LogP contribution is 2.43. The molecule has 25 heavy (non-hydrogen) atoms. The third-order valence-corrected chi connectivity index (χ3v) is 5.67. The number of aryl methyl sites for hydroxylation is 1. The summed E-state index contributed by atoms with van der Waals surface area (Å²) in [6, 6.07) is 8.27. The minimum Gasteiger partial charge on any atom is -0.339 e. The van der Waals surface area contributed by atoms with Gasteiger partial charge in [-0.2, -0.15) is 4.98 Å². The molecule has 1 aromatic heterocycles. The molecule has 0 N–H and O–H groups in total. The fourth-order valence-electron chi connectivity index (χ4n) is 3.93. The molecule has 1 aliphatic heterocycles. The van der Waals surface area contributed by atoms with Crippen molar-refractivity contribution in [2.45, 2.75) is 45.6 Å². The van der Waals surface area contributed by atoms with Crippen molar-refractivity contribution in [3.63, 3.8) is 0 Å². The van der Waals surface area contributed by atoms with Gasteiger partial charge in [-0.15, -0.1) is 0 Å². The number of nitrogens with zero attached hydrogens (tertiary/aromatic N) is 3. The van der Waals surface area contributed by atoms with Gasteiger partial charge in [-0.05, 0) is 44.6 Å². The Morgan fingerprint density at radius 1 is 1.28 bits per heavy atom. The maximum Gasteiger partial charge on any atom is 0.223 e. The Morgan fingerprint density at radius 3 is 2.72 bits per heavy atom. The molecule has 1 saturated carbocycles. The molecule has 0 bridgehead atoms. The zero-order valence-electron chi connectivity index (χ0n) is 14.9. The van der Waals surface area contributed by atoms with Crippen LogP contribution in [0.1, 0.15) is 48.9 Å². The molecule has 2 unspecified atom stereocenters. The van der Waals surface area contributed by atoms with Crippen LogP contribution in [-0.4, -0.2) is 40.0 Å². The Kier molecular flexibility index (Phi) is 4.42. The highest BCUT2D eigenvalue weighted by Gasteiger charge is 2.40. The second-order valence-corrected chi connectivity index (χ2v) is 7.58. The van der Waals surface area contributed by atoms with Gasteiger partial charge in [0, 0.05) is 37.1 Å². The molecule has 0 radical (unpaired) electrons. The molecule has 2 aliphatic rings. The van der Waals surface area contributed by atoms with Crippen LogP contribution in [0.3, 0.4) is 0 Å². The highest BCUT2D eigenvalue weighted by atomic mass is 16.5. The summed E-state index contributed by atoms with van der Waals surface area (Å²) in [6.07, 6.45) is 4.52. The van der Waals surface area contributed by atoms with Gasteiger partial charge in [-0.1, -0.05) is 29.4 Å². The Balaban J connectivity index is 1.31. The molecule has 1 aliphatic carbocycles. The van der Waals surface area contributed by atoms with Gasteiger partial charge in [0.1, 0.15) is 0 Å². The van der Waals surface area contributed by atoms with E-state index >= 15 is 0 Å². The average molecular weight is 339 g/mol. The van der Waals surface area contributed by atoms with E-state index in [0.717, 1.165) is 17.2 Å². The first-order valence-corrected chi connectivity index (χ1v) is 9.28. The lowest BCUT2D eigenvalue weighted by Crippen LogP contribution is -2.29. The number of carbonyl (C=O) groups excluding carboxylic acids is 1. The van der Waals surface area contributed by atoms with Gasteiger partial charge in [0.2, 0.25) is 11.7 Å². The number of aromatic nitrogens is 2. The predicted molar refractivity (Wildman–Crippen MR) is 95.3 cm³/mol. The molecular weight excluding hydrogens is 314 g/mol. The number of benzene rings is 1. The number of hydrogen-bond donors (Lipinski definition) is 0. The van der Waals surface area contributed by atoms with Gasteiger partial charge in [0.15, 0.2) is 5.78 Å². The first-order chi connectivity index (χ1) is 12.1. The van der Waals surface area contributed by atoms with E-state index in [0.29, 0.717) is 30.0 Å². The Hall–Kier alpha value is -2.01. The summed E-state index contributed by atoms with van der Waals surface area (Å²) < 4.78 is 5.00. The zero-order valence-corrected chi connectivity index (χ0v) is 14.9. The van der Waals surface area contributed by atoms with Crippen LogP contribution in [0.25, 0.3) is 11.4 Å². The maximum atomic E-state index is 12.5. The van der Waals surface area contributed by atoms with Crippen molar-refractivity contribution in [1.82, 2.24) is 15.0 Å². The van der Waals surface area contributed by atoms with Crippen molar-refractivity contribution in [2.24, 2.45) is 11.8 Å². The second-order valence-electron chi connectivity index (χ2n) is 7.58. The third-order valence-electron chi connectivity index (χ3n) is 5.67. The lowest BCUT2D eigenvalue weighted by atomic mass is 10.0. The normalized spacial score (nSPS) is 26.1. The summed E-state index contributed by atoms with van der Waals surface area (Å²) in [5.74, 6) is 2.64. The maximum absolute atomic E-state index is 12.5. The summed E-state index contributed by atoms with van der Waals surface area (Å²) >= 11 is 0. The zero-order chi connectivity index (χ0) is 17.4. The monoisotopic (exact) mass is 339 g/mol.